The van der Waals surface area contributed by atoms with E-state index in [2.05, 4.69) is 48.1 Å². The van der Waals surface area contributed by atoms with E-state index in [0.29, 0.717) is 6.54 Å². The van der Waals surface area contributed by atoms with Gasteiger partial charge in [-0.25, -0.2) is 0 Å². The van der Waals surface area contributed by atoms with Crippen molar-refractivity contribution in [3.8, 4) is 0 Å². The van der Waals surface area contributed by atoms with Gasteiger partial charge in [-0.3, -0.25) is 4.98 Å². The number of nitrogens with zero attached hydrogens (tertiary/aromatic N) is 2. The summed E-state index contributed by atoms with van der Waals surface area (Å²) < 4.78 is 0. The number of hydrogen-bond donors (Lipinski definition) is 1. The van der Waals surface area contributed by atoms with E-state index in [-0.39, 0.29) is 0 Å². The molecule has 0 unspecified atom stereocenters. The van der Waals surface area contributed by atoms with Gasteiger partial charge in [0.05, 0.1) is 17.9 Å². The van der Waals surface area contributed by atoms with Gasteiger partial charge >= 0.3 is 0 Å². The molecule has 0 fully saturated rings. The van der Waals surface area contributed by atoms with Crippen LogP contribution in [0.15, 0.2) is 42.5 Å². The van der Waals surface area contributed by atoms with Crippen molar-refractivity contribution >= 4 is 5.69 Å². The molecule has 18 heavy (non-hydrogen) atoms. The molecule has 0 aliphatic carbocycles. The Morgan fingerprint density at radius 3 is 2.50 bits per heavy atom. The lowest BCUT2D eigenvalue weighted by Gasteiger charge is -2.21. The summed E-state index contributed by atoms with van der Waals surface area (Å²) in [5, 5.41) is 0. The number of nitrogens with two attached hydrogens (primary N) is 1. The normalized spacial score (nSPS) is 10.4. The van der Waals surface area contributed by atoms with Crippen molar-refractivity contribution in [2.24, 2.45) is 5.73 Å². The second kappa shape index (κ2) is 5.65. The molecule has 0 aliphatic rings. The fraction of sp³-hybridized carbons (Fsp3) is 0.267. The number of benzene rings is 1. The molecule has 0 bridgehead atoms. The van der Waals surface area contributed by atoms with E-state index in [1.807, 2.05) is 18.2 Å². The van der Waals surface area contributed by atoms with Gasteiger partial charge in [0.25, 0.3) is 0 Å². The Morgan fingerprint density at radius 1 is 1.06 bits per heavy atom. The van der Waals surface area contributed by atoms with Crippen LogP contribution in [0.3, 0.4) is 0 Å². The maximum atomic E-state index is 5.61. The first-order chi connectivity index (χ1) is 8.70. The van der Waals surface area contributed by atoms with Crippen molar-refractivity contribution in [1.82, 2.24) is 4.98 Å². The van der Waals surface area contributed by atoms with Gasteiger partial charge in [-0.1, -0.05) is 24.3 Å². The number of aromatic nitrogens is 1. The maximum absolute atomic E-state index is 5.61. The number of para-hydroxylation sites is 1. The lowest BCUT2D eigenvalue weighted by Crippen LogP contribution is -2.18. The molecule has 0 amide bonds. The molecule has 0 aliphatic heterocycles. The van der Waals surface area contributed by atoms with Crippen molar-refractivity contribution in [3.05, 3.63) is 59.4 Å². The van der Waals surface area contributed by atoms with Crippen LogP contribution in [-0.2, 0) is 13.1 Å². The molecule has 0 saturated carbocycles. The molecule has 0 saturated heterocycles. The van der Waals surface area contributed by atoms with Crippen molar-refractivity contribution in [1.29, 1.82) is 0 Å². The molecule has 94 valence electrons. The SMILES string of the molecule is Cc1ccccc1N(C)Cc1cccc(CN)n1. The topological polar surface area (TPSA) is 42.1 Å². The van der Waals surface area contributed by atoms with Gasteiger partial charge in [0.15, 0.2) is 0 Å². The first-order valence-corrected chi connectivity index (χ1v) is 6.12. The highest BCUT2D eigenvalue weighted by molar-refractivity contribution is 5.52. The van der Waals surface area contributed by atoms with Crippen LogP contribution in [0.25, 0.3) is 0 Å². The maximum Gasteiger partial charge on any atom is 0.0600 e. The van der Waals surface area contributed by atoms with Crippen LogP contribution < -0.4 is 10.6 Å². The smallest absolute Gasteiger partial charge is 0.0600 e. The molecule has 2 rings (SSSR count). The quantitative estimate of drug-likeness (QED) is 0.894. The number of hydrogen-bond acceptors (Lipinski definition) is 3. The summed E-state index contributed by atoms with van der Waals surface area (Å²) in [6, 6.07) is 14.4. The van der Waals surface area contributed by atoms with Gasteiger partial charge in [-0.15, -0.1) is 0 Å². The lowest BCUT2D eigenvalue weighted by atomic mass is 10.2. The van der Waals surface area contributed by atoms with Crippen molar-refractivity contribution in [2.75, 3.05) is 11.9 Å². The second-order valence-electron chi connectivity index (χ2n) is 4.47. The van der Waals surface area contributed by atoms with Crippen molar-refractivity contribution < 1.29 is 0 Å². The van der Waals surface area contributed by atoms with Gasteiger partial charge in [-0.2, -0.15) is 0 Å². The van der Waals surface area contributed by atoms with Gasteiger partial charge in [0, 0.05) is 19.3 Å². The first-order valence-electron chi connectivity index (χ1n) is 6.12. The number of anilines is 1. The summed E-state index contributed by atoms with van der Waals surface area (Å²) >= 11 is 0. The number of rotatable bonds is 4. The molecular weight excluding hydrogens is 222 g/mol. The molecule has 1 heterocycles. The molecular formula is C15H19N3. The molecule has 3 heteroatoms. The van der Waals surface area contributed by atoms with Gasteiger partial charge in [0.1, 0.15) is 0 Å². The van der Waals surface area contributed by atoms with Crippen molar-refractivity contribution in [2.45, 2.75) is 20.0 Å². The Morgan fingerprint density at radius 2 is 1.78 bits per heavy atom. The van der Waals surface area contributed by atoms with E-state index in [0.717, 1.165) is 17.9 Å². The Hall–Kier alpha value is -1.87. The van der Waals surface area contributed by atoms with E-state index >= 15 is 0 Å². The third-order valence-electron chi connectivity index (χ3n) is 3.00. The van der Waals surface area contributed by atoms with Crippen LogP contribution >= 0.6 is 0 Å². The summed E-state index contributed by atoms with van der Waals surface area (Å²) in [5.74, 6) is 0. The van der Waals surface area contributed by atoms with Crippen LogP contribution in [0, 0.1) is 6.92 Å². The molecule has 1 aromatic heterocycles. The Labute approximate surface area is 108 Å². The average Bonchev–Trinajstić information content (AvgIpc) is 2.39. The fourth-order valence-corrected chi connectivity index (χ4v) is 2.05. The van der Waals surface area contributed by atoms with E-state index in [4.69, 9.17) is 5.73 Å². The summed E-state index contributed by atoms with van der Waals surface area (Å²) in [6.07, 6.45) is 0. The molecule has 2 N–H and O–H groups in total. The van der Waals surface area contributed by atoms with Crippen LogP contribution in [0.1, 0.15) is 17.0 Å². The van der Waals surface area contributed by atoms with Crippen LogP contribution in [0.5, 0.6) is 0 Å². The molecule has 0 radical (unpaired) electrons. The van der Waals surface area contributed by atoms with Crippen molar-refractivity contribution in [3.63, 3.8) is 0 Å². The van der Waals surface area contributed by atoms with Crippen LogP contribution in [-0.4, -0.2) is 12.0 Å². The zero-order valence-corrected chi connectivity index (χ0v) is 10.9. The summed E-state index contributed by atoms with van der Waals surface area (Å²) in [7, 11) is 2.08. The van der Waals surface area contributed by atoms with Gasteiger partial charge in [-0.05, 0) is 30.7 Å². The van der Waals surface area contributed by atoms with Crippen LogP contribution in [0.4, 0.5) is 5.69 Å². The van der Waals surface area contributed by atoms with E-state index in [9.17, 15) is 0 Å². The number of pyridine rings is 1. The predicted molar refractivity (Wildman–Crippen MR) is 75.4 cm³/mol. The van der Waals surface area contributed by atoms with E-state index in [1.54, 1.807) is 0 Å². The monoisotopic (exact) mass is 241 g/mol. The van der Waals surface area contributed by atoms with E-state index in [1.165, 1.54) is 11.3 Å². The molecule has 2 aromatic rings. The van der Waals surface area contributed by atoms with Crippen LogP contribution in [0.2, 0.25) is 0 Å². The van der Waals surface area contributed by atoms with Gasteiger partial charge < -0.3 is 10.6 Å². The fourth-order valence-electron chi connectivity index (χ4n) is 2.05. The Kier molecular flexibility index (Phi) is 3.95. The third-order valence-corrected chi connectivity index (χ3v) is 3.00. The zero-order valence-electron chi connectivity index (χ0n) is 10.9. The standard InChI is InChI=1S/C15H19N3/c1-12-6-3-4-9-15(12)18(2)11-14-8-5-7-13(10-16)17-14/h3-9H,10-11,16H2,1-2H3. The van der Waals surface area contributed by atoms with Gasteiger partial charge in [0.2, 0.25) is 0 Å². The molecule has 1 aromatic carbocycles. The highest BCUT2D eigenvalue weighted by Crippen LogP contribution is 2.19. The number of aryl methyl sites for hydroxylation is 1. The highest BCUT2D eigenvalue weighted by Gasteiger charge is 2.05. The zero-order chi connectivity index (χ0) is 13.0. The minimum atomic E-state index is 0.488. The molecule has 0 atom stereocenters. The summed E-state index contributed by atoms with van der Waals surface area (Å²) in [4.78, 5) is 6.73. The average molecular weight is 241 g/mol. The summed E-state index contributed by atoms with van der Waals surface area (Å²) in [5.41, 5.74) is 10.1. The third kappa shape index (κ3) is 2.87. The van der Waals surface area contributed by atoms with E-state index < -0.39 is 0 Å². The summed E-state index contributed by atoms with van der Waals surface area (Å²) in [6.45, 7) is 3.40. The largest absolute Gasteiger partial charge is 0.368 e. The first kappa shape index (κ1) is 12.6. The lowest BCUT2D eigenvalue weighted by molar-refractivity contribution is 0.856. The Balaban J connectivity index is 2.16. The minimum Gasteiger partial charge on any atom is -0.368 e. The molecule has 0 spiro atoms. The Bertz CT molecular complexity index is 523. The predicted octanol–water partition coefficient (Wildman–Crippen LogP) is 2.49. The second-order valence-corrected chi connectivity index (χ2v) is 4.47. The highest BCUT2D eigenvalue weighted by atomic mass is 15.1. The minimum absolute atomic E-state index is 0.488. The molecule has 3 nitrogen and oxygen atoms in total.